The highest BCUT2D eigenvalue weighted by molar-refractivity contribution is 5.93. The van der Waals surface area contributed by atoms with Gasteiger partial charge in [0.2, 0.25) is 0 Å². The normalized spacial score (nSPS) is 11.6. The van der Waals surface area contributed by atoms with E-state index in [1.54, 1.807) is 13.0 Å². The third kappa shape index (κ3) is 4.68. The standard InChI is InChI=1S/C19H21NO3/c1-13-9-10-17(14(2)11-13)19(22)23-15(3)18(21)20-12-16-7-5-4-6-8-16/h4-11,15H,12H2,1-3H3,(H,20,21)/t15-/m0/s1. The first-order chi connectivity index (χ1) is 11.0. The van der Waals surface area contributed by atoms with Crippen LogP contribution in [0.25, 0.3) is 0 Å². The van der Waals surface area contributed by atoms with Gasteiger partial charge in [-0.3, -0.25) is 4.79 Å². The summed E-state index contributed by atoms with van der Waals surface area (Å²) in [5, 5.41) is 2.76. The SMILES string of the molecule is Cc1ccc(C(=O)O[C@@H](C)C(=O)NCc2ccccc2)c(C)c1. The van der Waals surface area contributed by atoms with Crippen LogP contribution in [0.1, 0.15) is 34.0 Å². The fraction of sp³-hybridized carbons (Fsp3) is 0.263. The maximum absolute atomic E-state index is 12.2. The molecule has 0 spiro atoms. The summed E-state index contributed by atoms with van der Waals surface area (Å²) in [6, 6.07) is 15.1. The van der Waals surface area contributed by atoms with Crippen LogP contribution >= 0.6 is 0 Å². The van der Waals surface area contributed by atoms with Crippen LogP contribution in [0.2, 0.25) is 0 Å². The summed E-state index contributed by atoms with van der Waals surface area (Å²) in [5.74, 6) is -0.795. The Labute approximate surface area is 136 Å². The highest BCUT2D eigenvalue weighted by atomic mass is 16.5. The van der Waals surface area contributed by atoms with Gasteiger partial charge in [-0.05, 0) is 38.0 Å². The first-order valence-corrected chi connectivity index (χ1v) is 7.57. The van der Waals surface area contributed by atoms with E-state index in [9.17, 15) is 9.59 Å². The molecule has 0 aliphatic carbocycles. The average molecular weight is 311 g/mol. The second kappa shape index (κ2) is 7.58. The van der Waals surface area contributed by atoms with Crippen molar-refractivity contribution in [2.45, 2.75) is 33.4 Å². The molecule has 0 saturated carbocycles. The van der Waals surface area contributed by atoms with Gasteiger partial charge in [0.05, 0.1) is 5.56 Å². The van der Waals surface area contributed by atoms with Crippen LogP contribution in [-0.2, 0) is 16.1 Å². The quantitative estimate of drug-likeness (QED) is 0.863. The predicted molar refractivity (Wildman–Crippen MR) is 89.1 cm³/mol. The van der Waals surface area contributed by atoms with E-state index in [1.165, 1.54) is 0 Å². The lowest BCUT2D eigenvalue weighted by Gasteiger charge is -2.14. The van der Waals surface area contributed by atoms with Crippen LogP contribution < -0.4 is 5.32 Å². The van der Waals surface area contributed by atoms with Crippen molar-refractivity contribution in [3.05, 3.63) is 70.8 Å². The molecule has 0 fully saturated rings. The van der Waals surface area contributed by atoms with E-state index in [-0.39, 0.29) is 5.91 Å². The Hall–Kier alpha value is -2.62. The molecule has 0 heterocycles. The lowest BCUT2D eigenvalue weighted by atomic mass is 10.1. The topological polar surface area (TPSA) is 55.4 Å². The highest BCUT2D eigenvalue weighted by Crippen LogP contribution is 2.13. The van der Waals surface area contributed by atoms with E-state index in [4.69, 9.17) is 4.74 Å². The van der Waals surface area contributed by atoms with E-state index in [0.717, 1.165) is 16.7 Å². The van der Waals surface area contributed by atoms with Crippen molar-refractivity contribution >= 4 is 11.9 Å². The van der Waals surface area contributed by atoms with Crippen LogP contribution in [0.5, 0.6) is 0 Å². The second-order valence-corrected chi connectivity index (χ2v) is 5.57. The summed E-state index contributed by atoms with van der Waals surface area (Å²) in [4.78, 5) is 24.2. The molecule has 4 nitrogen and oxygen atoms in total. The molecule has 0 aliphatic rings. The van der Waals surface area contributed by atoms with E-state index in [1.807, 2.05) is 56.3 Å². The molecule has 120 valence electrons. The van der Waals surface area contributed by atoms with E-state index >= 15 is 0 Å². The lowest BCUT2D eigenvalue weighted by molar-refractivity contribution is -0.129. The molecule has 4 heteroatoms. The van der Waals surface area contributed by atoms with E-state index < -0.39 is 12.1 Å². The Morgan fingerprint density at radius 2 is 1.78 bits per heavy atom. The number of amides is 1. The first kappa shape index (κ1) is 16.7. The minimum Gasteiger partial charge on any atom is -0.449 e. The number of esters is 1. The minimum absolute atomic E-state index is 0.313. The molecule has 0 aromatic heterocycles. The smallest absolute Gasteiger partial charge is 0.339 e. The minimum atomic E-state index is -0.841. The molecular formula is C19H21NO3. The molecule has 0 aliphatic heterocycles. The number of rotatable bonds is 5. The van der Waals surface area contributed by atoms with Gasteiger partial charge in [0.15, 0.2) is 6.10 Å². The Morgan fingerprint density at radius 1 is 1.09 bits per heavy atom. The van der Waals surface area contributed by atoms with Gasteiger partial charge < -0.3 is 10.1 Å². The third-order valence-electron chi connectivity index (χ3n) is 3.56. The number of carbonyl (C=O) groups excluding carboxylic acids is 2. The van der Waals surface area contributed by atoms with Gasteiger partial charge in [0, 0.05) is 6.54 Å². The van der Waals surface area contributed by atoms with Crippen molar-refractivity contribution in [2.24, 2.45) is 0 Å². The molecule has 1 N–H and O–H groups in total. The maximum Gasteiger partial charge on any atom is 0.339 e. The summed E-state index contributed by atoms with van der Waals surface area (Å²) in [5.41, 5.74) is 3.40. The summed E-state index contributed by atoms with van der Waals surface area (Å²) in [6.07, 6.45) is -0.841. The van der Waals surface area contributed by atoms with Crippen LogP contribution in [0.4, 0.5) is 0 Å². The molecule has 1 amide bonds. The summed E-state index contributed by atoms with van der Waals surface area (Å²) >= 11 is 0. The van der Waals surface area contributed by atoms with Gasteiger partial charge in [-0.2, -0.15) is 0 Å². The van der Waals surface area contributed by atoms with Gasteiger partial charge in [0.1, 0.15) is 0 Å². The maximum atomic E-state index is 12.2. The molecule has 0 radical (unpaired) electrons. The average Bonchev–Trinajstić information content (AvgIpc) is 2.53. The summed E-state index contributed by atoms with van der Waals surface area (Å²) < 4.78 is 5.26. The molecule has 2 aromatic carbocycles. The number of hydrogen-bond donors (Lipinski definition) is 1. The predicted octanol–water partition coefficient (Wildman–Crippen LogP) is 3.17. The van der Waals surface area contributed by atoms with Crippen molar-refractivity contribution in [1.29, 1.82) is 0 Å². The van der Waals surface area contributed by atoms with Crippen molar-refractivity contribution in [2.75, 3.05) is 0 Å². The number of aryl methyl sites for hydroxylation is 2. The van der Waals surface area contributed by atoms with Gasteiger partial charge >= 0.3 is 5.97 Å². The summed E-state index contributed by atoms with van der Waals surface area (Å²) in [7, 11) is 0. The molecule has 0 unspecified atom stereocenters. The van der Waals surface area contributed by atoms with Crippen molar-refractivity contribution in [3.8, 4) is 0 Å². The molecule has 0 bridgehead atoms. The van der Waals surface area contributed by atoms with Crippen LogP contribution in [0, 0.1) is 13.8 Å². The van der Waals surface area contributed by atoms with E-state index in [2.05, 4.69) is 5.32 Å². The monoisotopic (exact) mass is 311 g/mol. The fourth-order valence-corrected chi connectivity index (χ4v) is 2.25. The van der Waals surface area contributed by atoms with Crippen molar-refractivity contribution < 1.29 is 14.3 Å². The Bertz CT molecular complexity index is 695. The van der Waals surface area contributed by atoms with E-state index in [0.29, 0.717) is 12.1 Å². The molecule has 1 atom stereocenters. The molecule has 0 saturated heterocycles. The second-order valence-electron chi connectivity index (χ2n) is 5.57. The van der Waals surface area contributed by atoms with Crippen molar-refractivity contribution in [3.63, 3.8) is 0 Å². The zero-order chi connectivity index (χ0) is 16.8. The van der Waals surface area contributed by atoms with Gasteiger partial charge in [-0.1, -0.05) is 48.0 Å². The molecular weight excluding hydrogens is 290 g/mol. The molecule has 2 rings (SSSR count). The van der Waals surface area contributed by atoms with Gasteiger partial charge in [0.25, 0.3) is 5.91 Å². The highest BCUT2D eigenvalue weighted by Gasteiger charge is 2.19. The molecule has 2 aromatic rings. The van der Waals surface area contributed by atoms with Gasteiger partial charge in [-0.25, -0.2) is 4.79 Å². The Balaban J connectivity index is 1.91. The van der Waals surface area contributed by atoms with Crippen molar-refractivity contribution in [1.82, 2.24) is 5.32 Å². The third-order valence-corrected chi connectivity index (χ3v) is 3.56. The fourth-order valence-electron chi connectivity index (χ4n) is 2.25. The number of hydrogen-bond acceptors (Lipinski definition) is 3. The number of nitrogens with one attached hydrogen (secondary N) is 1. The Morgan fingerprint density at radius 3 is 2.43 bits per heavy atom. The Kier molecular flexibility index (Phi) is 5.52. The zero-order valence-corrected chi connectivity index (χ0v) is 13.6. The van der Waals surface area contributed by atoms with Crippen LogP contribution in [-0.4, -0.2) is 18.0 Å². The lowest BCUT2D eigenvalue weighted by Crippen LogP contribution is -2.35. The molecule has 23 heavy (non-hydrogen) atoms. The zero-order valence-electron chi connectivity index (χ0n) is 13.6. The van der Waals surface area contributed by atoms with Gasteiger partial charge in [-0.15, -0.1) is 0 Å². The largest absolute Gasteiger partial charge is 0.449 e. The number of carbonyl (C=O) groups is 2. The van der Waals surface area contributed by atoms with Crippen LogP contribution in [0.3, 0.4) is 0 Å². The number of ether oxygens (including phenoxy) is 1. The summed E-state index contributed by atoms with van der Waals surface area (Å²) in [6.45, 7) is 5.79. The number of benzene rings is 2. The van der Waals surface area contributed by atoms with Crippen LogP contribution in [0.15, 0.2) is 48.5 Å². The first-order valence-electron chi connectivity index (χ1n) is 7.57.